The number of hydrazone groups is 1. The molecule has 0 aromatic heterocycles. The first kappa shape index (κ1) is 13.8. The predicted octanol–water partition coefficient (Wildman–Crippen LogP) is 4.33. The summed E-state index contributed by atoms with van der Waals surface area (Å²) in [5.74, 6) is 0.720. The Bertz CT molecular complexity index is 343. The van der Waals surface area contributed by atoms with Crippen molar-refractivity contribution in [1.82, 2.24) is 0 Å². The third kappa shape index (κ3) is 4.59. The number of hydrogen-bond donors (Lipinski definition) is 0. The number of rotatable bonds is 6. The second-order valence-electron chi connectivity index (χ2n) is 4.60. The van der Waals surface area contributed by atoms with Gasteiger partial charge in [-0.1, -0.05) is 45.4 Å². The van der Waals surface area contributed by atoms with Gasteiger partial charge in [0.25, 0.3) is 0 Å². The molecule has 2 nitrogen and oxygen atoms in total. The van der Waals surface area contributed by atoms with Gasteiger partial charge >= 0.3 is 0 Å². The van der Waals surface area contributed by atoms with Crippen LogP contribution in [-0.4, -0.2) is 12.8 Å². The maximum absolute atomic E-state index is 4.70. The molecule has 0 aliphatic carbocycles. The van der Waals surface area contributed by atoms with Gasteiger partial charge in [0, 0.05) is 12.8 Å². The van der Waals surface area contributed by atoms with Crippen LogP contribution >= 0.6 is 0 Å². The molecule has 0 aliphatic heterocycles. The summed E-state index contributed by atoms with van der Waals surface area (Å²) in [5, 5.41) is 6.68. The standard InChI is InChI=1S/C15H24N2/c1-5-13(3)12-14(6-2)16-17(4)15-10-8-7-9-11-15/h7-11,13H,5-6,12H2,1-4H3/b16-14+. The molecule has 0 bridgehead atoms. The van der Waals surface area contributed by atoms with E-state index in [1.165, 1.54) is 12.1 Å². The van der Waals surface area contributed by atoms with E-state index >= 15 is 0 Å². The van der Waals surface area contributed by atoms with E-state index in [1.807, 2.05) is 30.3 Å². The zero-order chi connectivity index (χ0) is 12.7. The van der Waals surface area contributed by atoms with Gasteiger partial charge in [-0.25, -0.2) is 0 Å². The quantitative estimate of drug-likeness (QED) is 0.526. The number of hydrogen-bond acceptors (Lipinski definition) is 2. The Labute approximate surface area is 105 Å². The molecule has 1 aromatic carbocycles. The monoisotopic (exact) mass is 232 g/mol. The Morgan fingerprint density at radius 1 is 1.24 bits per heavy atom. The summed E-state index contributed by atoms with van der Waals surface area (Å²) < 4.78 is 0. The normalized spacial score (nSPS) is 13.5. The van der Waals surface area contributed by atoms with Crippen LogP contribution in [0.3, 0.4) is 0 Å². The largest absolute Gasteiger partial charge is 0.269 e. The molecular weight excluding hydrogens is 208 g/mol. The Balaban J connectivity index is 2.71. The minimum Gasteiger partial charge on any atom is -0.269 e. The Hall–Kier alpha value is -1.31. The zero-order valence-corrected chi connectivity index (χ0v) is 11.5. The van der Waals surface area contributed by atoms with Crippen LogP contribution in [0.1, 0.15) is 40.0 Å². The molecule has 0 fully saturated rings. The van der Waals surface area contributed by atoms with Crippen molar-refractivity contribution in [2.24, 2.45) is 11.0 Å². The van der Waals surface area contributed by atoms with Crippen LogP contribution in [0.25, 0.3) is 0 Å². The molecule has 0 saturated heterocycles. The highest BCUT2D eigenvalue weighted by Crippen LogP contribution is 2.14. The highest BCUT2D eigenvalue weighted by atomic mass is 15.4. The minimum absolute atomic E-state index is 0.720. The Morgan fingerprint density at radius 3 is 2.41 bits per heavy atom. The van der Waals surface area contributed by atoms with E-state index in [1.54, 1.807) is 0 Å². The zero-order valence-electron chi connectivity index (χ0n) is 11.5. The van der Waals surface area contributed by atoms with Crippen LogP contribution in [0.2, 0.25) is 0 Å². The summed E-state index contributed by atoms with van der Waals surface area (Å²) in [5.41, 5.74) is 2.42. The van der Waals surface area contributed by atoms with Crippen molar-refractivity contribution in [3.63, 3.8) is 0 Å². The van der Waals surface area contributed by atoms with E-state index in [9.17, 15) is 0 Å². The smallest absolute Gasteiger partial charge is 0.0590 e. The van der Waals surface area contributed by atoms with E-state index in [0.29, 0.717) is 0 Å². The first-order chi connectivity index (χ1) is 8.17. The van der Waals surface area contributed by atoms with Crippen molar-refractivity contribution in [2.75, 3.05) is 12.1 Å². The summed E-state index contributed by atoms with van der Waals surface area (Å²) in [7, 11) is 2.02. The molecule has 0 spiro atoms. The summed E-state index contributed by atoms with van der Waals surface area (Å²) >= 11 is 0. The van der Waals surface area contributed by atoms with Crippen LogP contribution < -0.4 is 5.01 Å². The van der Waals surface area contributed by atoms with Crippen molar-refractivity contribution in [3.8, 4) is 0 Å². The van der Waals surface area contributed by atoms with Gasteiger partial charge in [-0.05, 0) is 30.9 Å². The molecule has 1 atom stereocenters. The average Bonchev–Trinajstić information content (AvgIpc) is 2.38. The van der Waals surface area contributed by atoms with E-state index in [2.05, 4.69) is 32.9 Å². The molecule has 94 valence electrons. The second-order valence-corrected chi connectivity index (χ2v) is 4.60. The van der Waals surface area contributed by atoms with Crippen molar-refractivity contribution < 1.29 is 0 Å². The highest BCUT2D eigenvalue weighted by molar-refractivity contribution is 5.85. The van der Waals surface area contributed by atoms with Gasteiger partial charge in [0.1, 0.15) is 0 Å². The minimum atomic E-state index is 0.720. The molecule has 1 aromatic rings. The lowest BCUT2D eigenvalue weighted by molar-refractivity contribution is 0.582. The first-order valence-corrected chi connectivity index (χ1v) is 6.52. The molecule has 0 radical (unpaired) electrons. The summed E-state index contributed by atoms with van der Waals surface area (Å²) in [4.78, 5) is 0. The molecule has 17 heavy (non-hydrogen) atoms. The molecule has 0 heterocycles. The fourth-order valence-electron chi connectivity index (χ4n) is 1.72. The SMILES string of the molecule is CC/C(CC(C)CC)=N\N(C)c1ccccc1. The van der Waals surface area contributed by atoms with E-state index < -0.39 is 0 Å². The van der Waals surface area contributed by atoms with Crippen LogP contribution in [-0.2, 0) is 0 Å². The van der Waals surface area contributed by atoms with Crippen molar-refractivity contribution >= 4 is 11.4 Å². The Kier molecular flexibility index (Phi) is 5.75. The predicted molar refractivity (Wildman–Crippen MR) is 76.6 cm³/mol. The second kappa shape index (κ2) is 7.10. The molecule has 0 saturated carbocycles. The maximum Gasteiger partial charge on any atom is 0.0590 e. The Morgan fingerprint density at radius 2 is 1.88 bits per heavy atom. The van der Waals surface area contributed by atoms with E-state index in [0.717, 1.165) is 24.4 Å². The molecule has 1 rings (SSSR count). The molecule has 0 amide bonds. The highest BCUT2D eigenvalue weighted by Gasteiger charge is 2.05. The molecule has 0 N–H and O–H groups in total. The van der Waals surface area contributed by atoms with Gasteiger partial charge < -0.3 is 0 Å². The van der Waals surface area contributed by atoms with Crippen molar-refractivity contribution in [2.45, 2.75) is 40.0 Å². The molecule has 0 aliphatic rings. The first-order valence-electron chi connectivity index (χ1n) is 6.52. The number of benzene rings is 1. The lowest BCUT2D eigenvalue weighted by Crippen LogP contribution is -2.14. The van der Waals surface area contributed by atoms with Crippen LogP contribution in [0.5, 0.6) is 0 Å². The van der Waals surface area contributed by atoms with Gasteiger partial charge in [0.15, 0.2) is 0 Å². The van der Waals surface area contributed by atoms with E-state index in [4.69, 9.17) is 5.10 Å². The van der Waals surface area contributed by atoms with Crippen LogP contribution in [0, 0.1) is 5.92 Å². The molecule has 1 unspecified atom stereocenters. The average molecular weight is 232 g/mol. The fraction of sp³-hybridized carbons (Fsp3) is 0.533. The van der Waals surface area contributed by atoms with Gasteiger partial charge in [-0.3, -0.25) is 5.01 Å². The number of para-hydroxylation sites is 1. The van der Waals surface area contributed by atoms with Gasteiger partial charge in [0.2, 0.25) is 0 Å². The summed E-state index contributed by atoms with van der Waals surface area (Å²) in [6.45, 7) is 6.70. The lowest BCUT2D eigenvalue weighted by atomic mass is 10.0. The third-order valence-electron chi connectivity index (χ3n) is 3.11. The van der Waals surface area contributed by atoms with Crippen LogP contribution in [0.4, 0.5) is 5.69 Å². The molecule has 2 heteroatoms. The van der Waals surface area contributed by atoms with Crippen molar-refractivity contribution in [3.05, 3.63) is 30.3 Å². The summed E-state index contributed by atoms with van der Waals surface area (Å²) in [6.07, 6.45) is 3.35. The fourth-order valence-corrected chi connectivity index (χ4v) is 1.72. The summed E-state index contributed by atoms with van der Waals surface area (Å²) in [6, 6.07) is 10.3. The van der Waals surface area contributed by atoms with Crippen LogP contribution in [0.15, 0.2) is 35.4 Å². The van der Waals surface area contributed by atoms with Gasteiger partial charge in [0.05, 0.1) is 5.69 Å². The third-order valence-corrected chi connectivity index (χ3v) is 3.11. The van der Waals surface area contributed by atoms with Crippen molar-refractivity contribution in [1.29, 1.82) is 0 Å². The maximum atomic E-state index is 4.70. The lowest BCUT2D eigenvalue weighted by Gasteiger charge is -2.17. The van der Waals surface area contributed by atoms with Gasteiger partial charge in [-0.15, -0.1) is 0 Å². The number of anilines is 1. The topological polar surface area (TPSA) is 15.6 Å². The van der Waals surface area contributed by atoms with Gasteiger partial charge in [-0.2, -0.15) is 5.10 Å². The molecular formula is C15H24N2. The number of nitrogens with zero attached hydrogens (tertiary/aromatic N) is 2. The van der Waals surface area contributed by atoms with E-state index in [-0.39, 0.29) is 0 Å².